The number of hydrogen-bond acceptors (Lipinski definition) is 5. The molecule has 0 unspecified atom stereocenters. The number of nitrogens with zero attached hydrogens (tertiary/aromatic N) is 2. The summed E-state index contributed by atoms with van der Waals surface area (Å²) in [4.78, 5) is 0. The maximum atomic E-state index is 11.7. The molecule has 3 rings (SSSR count). The zero-order chi connectivity index (χ0) is 13.8. The van der Waals surface area contributed by atoms with Crippen molar-refractivity contribution in [2.45, 2.75) is 13.1 Å². The molecule has 0 atom stereocenters. The second-order valence-corrected chi connectivity index (χ2v) is 4.24. The minimum Gasteiger partial charge on any atom is -0.539 e. The predicted octanol–water partition coefficient (Wildman–Crippen LogP) is 0.908. The minimum absolute atomic E-state index is 0.345. The van der Waals surface area contributed by atoms with Gasteiger partial charge in [0.15, 0.2) is 5.95 Å². The maximum Gasteiger partial charge on any atom is 0.253 e. The minimum atomic E-state index is -0.444. The summed E-state index contributed by atoms with van der Waals surface area (Å²) in [7, 11) is 0. The number of hydrogen-bond donors (Lipinski definition) is 1. The molecule has 6 nitrogen and oxygen atoms in total. The first-order chi connectivity index (χ1) is 9.84. The van der Waals surface area contributed by atoms with Crippen LogP contribution in [0.25, 0.3) is 5.69 Å². The Morgan fingerprint density at radius 3 is 2.70 bits per heavy atom. The highest BCUT2D eigenvalue weighted by atomic mass is 16.6. The van der Waals surface area contributed by atoms with E-state index in [9.17, 15) is 5.11 Å². The van der Waals surface area contributed by atoms with Gasteiger partial charge in [-0.2, -0.15) is 0 Å². The summed E-state index contributed by atoms with van der Waals surface area (Å²) in [5, 5.41) is 18.6. The summed E-state index contributed by atoms with van der Waals surface area (Å²) in [5.74, 6) is 0.362. The lowest BCUT2D eigenvalue weighted by atomic mass is 10.3. The average Bonchev–Trinajstić information content (AvgIpc) is 3.11. The zero-order valence-electron chi connectivity index (χ0n) is 10.7. The number of benzene rings is 1. The molecule has 20 heavy (non-hydrogen) atoms. The van der Waals surface area contributed by atoms with Gasteiger partial charge in [0.2, 0.25) is 5.69 Å². The molecule has 2 heterocycles. The van der Waals surface area contributed by atoms with Crippen LogP contribution in [-0.4, -0.2) is 5.27 Å². The van der Waals surface area contributed by atoms with Crippen molar-refractivity contribution in [3.8, 4) is 11.6 Å². The van der Waals surface area contributed by atoms with Gasteiger partial charge in [-0.1, -0.05) is 18.2 Å². The highest BCUT2D eigenvalue weighted by Crippen LogP contribution is 2.10. The molecule has 0 aliphatic heterocycles. The van der Waals surface area contributed by atoms with Gasteiger partial charge >= 0.3 is 0 Å². The van der Waals surface area contributed by atoms with E-state index in [-0.39, 0.29) is 0 Å². The molecule has 0 aliphatic carbocycles. The van der Waals surface area contributed by atoms with Crippen LogP contribution in [0, 0.1) is 0 Å². The van der Waals surface area contributed by atoms with Crippen molar-refractivity contribution in [3.63, 3.8) is 0 Å². The van der Waals surface area contributed by atoms with E-state index in [2.05, 4.69) is 10.6 Å². The Bertz CT molecular complexity index is 662. The number of para-hydroxylation sites is 1. The Kier molecular flexibility index (Phi) is 3.47. The molecule has 1 N–H and O–H groups in total. The van der Waals surface area contributed by atoms with E-state index in [0.29, 0.717) is 18.8 Å². The lowest BCUT2D eigenvalue weighted by molar-refractivity contribution is -0.677. The van der Waals surface area contributed by atoms with Gasteiger partial charge in [0.05, 0.1) is 24.6 Å². The van der Waals surface area contributed by atoms with Gasteiger partial charge in [-0.15, -0.1) is 0 Å². The first kappa shape index (κ1) is 12.4. The third-order valence-corrected chi connectivity index (χ3v) is 2.87. The zero-order valence-corrected chi connectivity index (χ0v) is 10.7. The molecular weight excluding hydrogens is 258 g/mol. The van der Waals surface area contributed by atoms with E-state index >= 15 is 0 Å². The molecule has 0 aliphatic rings. The fourth-order valence-electron chi connectivity index (χ4n) is 1.90. The van der Waals surface area contributed by atoms with E-state index in [1.807, 2.05) is 42.5 Å². The summed E-state index contributed by atoms with van der Waals surface area (Å²) in [6.07, 6.45) is 1.61. The van der Waals surface area contributed by atoms with E-state index in [4.69, 9.17) is 8.94 Å². The third-order valence-electron chi connectivity index (χ3n) is 2.87. The summed E-state index contributed by atoms with van der Waals surface area (Å²) in [5.41, 5.74) is 1.23. The van der Waals surface area contributed by atoms with Crippen LogP contribution in [0.4, 0.5) is 0 Å². The molecular formula is C14H13N3O3. The molecule has 0 saturated carbocycles. The van der Waals surface area contributed by atoms with E-state index in [1.54, 1.807) is 6.26 Å². The molecule has 0 spiro atoms. The highest BCUT2D eigenvalue weighted by molar-refractivity contribution is 5.22. The molecule has 2 aromatic heterocycles. The quantitative estimate of drug-likeness (QED) is 0.698. The number of furan rings is 1. The van der Waals surface area contributed by atoms with Gasteiger partial charge in [-0.3, -0.25) is 0 Å². The fraction of sp³-hybridized carbons (Fsp3) is 0.143. The van der Waals surface area contributed by atoms with Gasteiger partial charge in [-0.05, 0) is 16.8 Å². The Morgan fingerprint density at radius 2 is 1.95 bits per heavy atom. The largest absolute Gasteiger partial charge is 0.539 e. The van der Waals surface area contributed by atoms with Crippen LogP contribution in [-0.2, 0) is 13.1 Å². The molecule has 3 aromatic rings. The van der Waals surface area contributed by atoms with Crippen molar-refractivity contribution in [2.24, 2.45) is 0 Å². The SMILES string of the molecule is [O-]c1on[n+](-c2ccccc2)c1CNCc1ccco1. The molecule has 1 aromatic carbocycles. The van der Waals surface area contributed by atoms with Crippen LogP contribution >= 0.6 is 0 Å². The second kappa shape index (κ2) is 5.58. The second-order valence-electron chi connectivity index (χ2n) is 4.24. The van der Waals surface area contributed by atoms with Crippen LogP contribution in [0.3, 0.4) is 0 Å². The first-order valence-corrected chi connectivity index (χ1v) is 6.21. The third kappa shape index (κ3) is 2.55. The first-order valence-electron chi connectivity index (χ1n) is 6.21. The van der Waals surface area contributed by atoms with Crippen LogP contribution in [0.2, 0.25) is 0 Å². The van der Waals surface area contributed by atoms with E-state index in [0.717, 1.165) is 11.4 Å². The molecule has 0 amide bonds. The molecule has 6 heteroatoms. The van der Waals surface area contributed by atoms with E-state index < -0.39 is 5.95 Å². The summed E-state index contributed by atoms with van der Waals surface area (Å²) >= 11 is 0. The number of rotatable bonds is 5. The van der Waals surface area contributed by atoms with Crippen LogP contribution in [0.15, 0.2) is 57.7 Å². The van der Waals surface area contributed by atoms with Gasteiger partial charge in [0.1, 0.15) is 5.76 Å². The monoisotopic (exact) mass is 271 g/mol. The lowest BCUT2D eigenvalue weighted by Crippen LogP contribution is -2.38. The van der Waals surface area contributed by atoms with Crippen molar-refractivity contribution in [1.29, 1.82) is 0 Å². The van der Waals surface area contributed by atoms with Crippen LogP contribution < -0.4 is 15.1 Å². The van der Waals surface area contributed by atoms with E-state index in [1.165, 1.54) is 4.68 Å². The summed E-state index contributed by atoms with van der Waals surface area (Å²) < 4.78 is 11.4. The van der Waals surface area contributed by atoms with Gasteiger partial charge in [0.25, 0.3) is 5.69 Å². The molecule has 0 fully saturated rings. The number of aromatic nitrogens is 2. The van der Waals surface area contributed by atoms with Crippen molar-refractivity contribution < 1.29 is 18.7 Å². The van der Waals surface area contributed by atoms with Crippen LogP contribution in [0.5, 0.6) is 5.95 Å². The highest BCUT2D eigenvalue weighted by Gasteiger charge is 2.19. The molecule has 0 saturated heterocycles. The van der Waals surface area contributed by atoms with Gasteiger partial charge < -0.3 is 19.4 Å². The number of nitrogens with one attached hydrogen (secondary N) is 1. The van der Waals surface area contributed by atoms with Gasteiger partial charge in [0, 0.05) is 12.1 Å². The standard InChI is InChI=1S/C14H13N3O3/c18-14-13(10-15-9-12-7-4-8-19-12)17(16-20-14)11-5-2-1-3-6-11/h1-8,15H,9-10H2. The Balaban J connectivity index is 1.74. The Morgan fingerprint density at radius 1 is 1.10 bits per heavy atom. The smallest absolute Gasteiger partial charge is 0.253 e. The van der Waals surface area contributed by atoms with Crippen molar-refractivity contribution in [1.82, 2.24) is 10.6 Å². The predicted molar refractivity (Wildman–Crippen MR) is 66.7 cm³/mol. The summed E-state index contributed by atoms with van der Waals surface area (Å²) in [6.45, 7) is 0.879. The molecule has 0 radical (unpaired) electrons. The van der Waals surface area contributed by atoms with Crippen molar-refractivity contribution in [3.05, 3.63) is 60.2 Å². The topological polar surface area (TPSA) is 78.1 Å². The fourth-order valence-corrected chi connectivity index (χ4v) is 1.90. The van der Waals surface area contributed by atoms with Crippen molar-refractivity contribution >= 4 is 0 Å². The van der Waals surface area contributed by atoms with Crippen molar-refractivity contribution in [2.75, 3.05) is 0 Å². The lowest BCUT2D eigenvalue weighted by Gasteiger charge is -2.00. The molecule has 102 valence electrons. The Hall–Kier alpha value is -2.60. The van der Waals surface area contributed by atoms with Crippen LogP contribution in [0.1, 0.15) is 11.5 Å². The Labute approximate surface area is 115 Å². The van der Waals surface area contributed by atoms with Gasteiger partial charge in [-0.25, -0.2) is 0 Å². The summed E-state index contributed by atoms with van der Waals surface area (Å²) in [6, 6.07) is 13.1. The maximum absolute atomic E-state index is 11.7. The average molecular weight is 271 g/mol. The normalized spacial score (nSPS) is 10.8. The molecule has 0 bridgehead atoms.